The zero-order valence-corrected chi connectivity index (χ0v) is 21.3. The normalized spacial score (nSPS) is 15.6. The number of para-hydroxylation sites is 1. The predicted octanol–water partition coefficient (Wildman–Crippen LogP) is 5.97. The van der Waals surface area contributed by atoms with Gasteiger partial charge in [0.05, 0.1) is 28.8 Å². The number of ketones is 2. The molecule has 2 aromatic heterocycles. The molecule has 5 rings (SSSR count). The van der Waals surface area contributed by atoms with Crippen molar-refractivity contribution in [1.29, 1.82) is 0 Å². The molecule has 0 aliphatic carbocycles. The number of aliphatic hydroxyl groups is 1. The highest BCUT2D eigenvalue weighted by atomic mass is 32.1. The molecule has 4 aromatic rings. The summed E-state index contributed by atoms with van der Waals surface area (Å²) in [6.07, 6.45) is 0.849. The minimum Gasteiger partial charge on any atom is -0.503 e. The number of hydrogen-bond acceptors (Lipinski definition) is 8. The van der Waals surface area contributed by atoms with Gasteiger partial charge in [0.1, 0.15) is 11.3 Å². The Balaban J connectivity index is 1.62. The minimum absolute atomic E-state index is 0.00467. The topological polar surface area (TPSA) is 110 Å². The Kier molecular flexibility index (Phi) is 6.39. The number of rotatable bonds is 8. The fourth-order valence-electron chi connectivity index (χ4n) is 4.35. The van der Waals surface area contributed by atoms with Crippen molar-refractivity contribution in [1.82, 2.24) is 4.98 Å². The Labute approximate surface area is 216 Å². The van der Waals surface area contributed by atoms with Crippen LogP contribution in [0.15, 0.2) is 70.3 Å². The number of ether oxygens (including phenoxy) is 1. The van der Waals surface area contributed by atoms with Crippen LogP contribution >= 0.6 is 11.3 Å². The zero-order chi connectivity index (χ0) is 26.3. The lowest BCUT2D eigenvalue weighted by Gasteiger charge is -2.24. The van der Waals surface area contributed by atoms with Crippen molar-refractivity contribution in [3.63, 3.8) is 0 Å². The van der Waals surface area contributed by atoms with Crippen LogP contribution in [-0.4, -0.2) is 34.2 Å². The second-order valence-corrected chi connectivity index (χ2v) is 9.68. The standard InChI is InChI=1S/C28H24N2O6S/c1-4-13-35-19-11-9-17(10-12-19)23-22(24(32)21-14-18-7-5-6-8-20(18)36-21)25(33)27(34)30(23)28-29-15(2)26(37-28)16(3)31/h5-12,14,23,33H,4,13H2,1-3H3. The molecule has 3 heterocycles. The molecular formula is C28H24N2O6S. The van der Waals surface area contributed by atoms with Crippen molar-refractivity contribution >= 4 is 44.9 Å². The van der Waals surface area contributed by atoms with E-state index in [0.29, 0.717) is 34.1 Å². The first-order valence-electron chi connectivity index (χ1n) is 11.8. The molecule has 1 atom stereocenters. The summed E-state index contributed by atoms with van der Waals surface area (Å²) in [6, 6.07) is 14.8. The van der Waals surface area contributed by atoms with Gasteiger partial charge in [0.25, 0.3) is 5.91 Å². The van der Waals surface area contributed by atoms with Crippen LogP contribution in [0.1, 0.15) is 57.8 Å². The van der Waals surface area contributed by atoms with Gasteiger partial charge in [-0.15, -0.1) is 0 Å². The van der Waals surface area contributed by atoms with Gasteiger partial charge in [-0.05, 0) is 43.2 Å². The average molecular weight is 517 g/mol. The van der Waals surface area contributed by atoms with Gasteiger partial charge in [-0.1, -0.05) is 48.6 Å². The molecule has 8 nitrogen and oxygen atoms in total. The minimum atomic E-state index is -0.987. The van der Waals surface area contributed by atoms with E-state index in [0.717, 1.165) is 23.1 Å². The second kappa shape index (κ2) is 9.67. The van der Waals surface area contributed by atoms with Crippen LogP contribution in [0.25, 0.3) is 11.0 Å². The van der Waals surface area contributed by atoms with Crippen LogP contribution in [0.5, 0.6) is 5.75 Å². The molecule has 1 unspecified atom stereocenters. The largest absolute Gasteiger partial charge is 0.503 e. The number of furan rings is 1. The molecule has 0 bridgehead atoms. The van der Waals surface area contributed by atoms with Crippen LogP contribution in [0, 0.1) is 6.92 Å². The number of nitrogens with zero attached hydrogens (tertiary/aromatic N) is 2. The predicted molar refractivity (Wildman–Crippen MR) is 140 cm³/mol. The molecule has 0 radical (unpaired) electrons. The number of aliphatic hydroxyl groups excluding tert-OH is 1. The van der Waals surface area contributed by atoms with Gasteiger partial charge in [0, 0.05) is 12.3 Å². The maximum atomic E-state index is 13.7. The van der Waals surface area contributed by atoms with Gasteiger partial charge in [0.15, 0.2) is 22.4 Å². The number of amides is 1. The molecule has 1 amide bonds. The van der Waals surface area contributed by atoms with Crippen LogP contribution in [0.4, 0.5) is 5.13 Å². The molecule has 1 aliphatic rings. The number of carbonyl (C=O) groups excluding carboxylic acids is 3. The lowest BCUT2D eigenvalue weighted by Crippen LogP contribution is -2.31. The average Bonchev–Trinajstić information content (AvgIpc) is 3.57. The molecule has 1 N–H and O–H groups in total. The maximum Gasteiger partial charge on any atom is 0.296 e. The van der Waals surface area contributed by atoms with E-state index in [4.69, 9.17) is 9.15 Å². The van der Waals surface area contributed by atoms with E-state index in [1.807, 2.05) is 19.1 Å². The summed E-state index contributed by atoms with van der Waals surface area (Å²) in [5.74, 6) is -1.61. The van der Waals surface area contributed by atoms with E-state index in [1.54, 1.807) is 49.4 Å². The Bertz CT molecular complexity index is 1530. The molecule has 0 saturated carbocycles. The quantitative estimate of drug-likeness (QED) is 0.287. The highest BCUT2D eigenvalue weighted by Gasteiger charge is 2.46. The molecule has 0 spiro atoms. The maximum absolute atomic E-state index is 13.7. The van der Waals surface area contributed by atoms with Crippen molar-refractivity contribution in [2.45, 2.75) is 33.2 Å². The Morgan fingerprint density at radius 3 is 2.54 bits per heavy atom. The third-order valence-electron chi connectivity index (χ3n) is 6.08. The summed E-state index contributed by atoms with van der Waals surface area (Å²) in [5.41, 5.74) is 1.43. The van der Waals surface area contributed by atoms with E-state index >= 15 is 0 Å². The summed E-state index contributed by atoms with van der Waals surface area (Å²) in [7, 11) is 0. The number of anilines is 1. The van der Waals surface area contributed by atoms with Gasteiger partial charge in [-0.25, -0.2) is 4.98 Å². The summed E-state index contributed by atoms with van der Waals surface area (Å²) >= 11 is 1.04. The monoisotopic (exact) mass is 516 g/mol. The first-order chi connectivity index (χ1) is 17.8. The van der Waals surface area contributed by atoms with Crippen molar-refractivity contribution in [3.8, 4) is 5.75 Å². The van der Waals surface area contributed by atoms with Crippen molar-refractivity contribution < 1.29 is 28.6 Å². The van der Waals surface area contributed by atoms with E-state index in [1.165, 1.54) is 11.8 Å². The fourth-order valence-corrected chi connectivity index (χ4v) is 5.34. The highest BCUT2D eigenvalue weighted by Crippen LogP contribution is 2.44. The lowest BCUT2D eigenvalue weighted by atomic mass is 9.95. The number of hydrogen-bond donors (Lipinski definition) is 1. The third kappa shape index (κ3) is 4.31. The molecule has 37 heavy (non-hydrogen) atoms. The molecule has 9 heteroatoms. The molecule has 1 aliphatic heterocycles. The summed E-state index contributed by atoms with van der Waals surface area (Å²) in [4.78, 5) is 45.3. The van der Waals surface area contributed by atoms with Crippen molar-refractivity contribution in [2.75, 3.05) is 11.5 Å². The van der Waals surface area contributed by atoms with E-state index in [9.17, 15) is 19.5 Å². The Morgan fingerprint density at radius 1 is 1.16 bits per heavy atom. The van der Waals surface area contributed by atoms with Crippen molar-refractivity contribution in [2.24, 2.45) is 0 Å². The summed E-state index contributed by atoms with van der Waals surface area (Å²) in [5, 5.41) is 11.9. The van der Waals surface area contributed by atoms with Gasteiger partial charge in [-0.3, -0.25) is 19.3 Å². The van der Waals surface area contributed by atoms with Crippen LogP contribution < -0.4 is 9.64 Å². The number of aryl methyl sites for hydroxylation is 1. The fraction of sp³-hybridized carbons (Fsp3) is 0.214. The SMILES string of the molecule is CCCOc1ccc(C2C(C(=O)c3cc4ccccc4o3)=C(O)C(=O)N2c2nc(C)c(C(C)=O)s2)cc1. The summed E-state index contributed by atoms with van der Waals surface area (Å²) < 4.78 is 11.4. The van der Waals surface area contributed by atoms with Gasteiger partial charge in [0.2, 0.25) is 5.78 Å². The zero-order valence-electron chi connectivity index (χ0n) is 20.5. The summed E-state index contributed by atoms with van der Waals surface area (Å²) in [6.45, 7) is 5.66. The smallest absolute Gasteiger partial charge is 0.296 e. The second-order valence-electron chi connectivity index (χ2n) is 8.70. The van der Waals surface area contributed by atoms with E-state index in [2.05, 4.69) is 4.98 Å². The first kappa shape index (κ1) is 24.5. The third-order valence-corrected chi connectivity index (χ3v) is 7.34. The molecule has 2 aromatic carbocycles. The molecule has 188 valence electrons. The van der Waals surface area contributed by atoms with Crippen LogP contribution in [0.3, 0.4) is 0 Å². The number of carbonyl (C=O) groups is 3. The highest BCUT2D eigenvalue weighted by molar-refractivity contribution is 7.17. The van der Waals surface area contributed by atoms with Gasteiger partial charge in [-0.2, -0.15) is 0 Å². The lowest BCUT2D eigenvalue weighted by molar-refractivity contribution is -0.117. The Morgan fingerprint density at radius 2 is 1.89 bits per heavy atom. The number of thiazole rings is 1. The van der Waals surface area contributed by atoms with Crippen molar-refractivity contribution in [3.05, 3.63) is 87.8 Å². The number of Topliss-reactive ketones (excluding diaryl/α,β-unsaturated/α-hetero) is 2. The number of fused-ring (bicyclic) bond motifs is 1. The number of aromatic nitrogens is 1. The first-order valence-corrected chi connectivity index (χ1v) is 12.6. The number of benzene rings is 2. The van der Waals surface area contributed by atoms with E-state index < -0.39 is 23.5 Å². The van der Waals surface area contributed by atoms with Gasteiger partial charge < -0.3 is 14.3 Å². The van der Waals surface area contributed by atoms with E-state index in [-0.39, 0.29) is 22.2 Å². The molecule has 0 saturated heterocycles. The van der Waals surface area contributed by atoms with Crippen LogP contribution in [0.2, 0.25) is 0 Å². The van der Waals surface area contributed by atoms with Gasteiger partial charge >= 0.3 is 0 Å². The molecule has 0 fully saturated rings. The molecular weight excluding hydrogens is 492 g/mol. The van der Waals surface area contributed by atoms with Crippen LogP contribution in [-0.2, 0) is 4.79 Å². The Hall–Kier alpha value is -4.24.